The lowest BCUT2D eigenvalue weighted by molar-refractivity contribution is 0.151. The molecule has 0 saturated carbocycles. The van der Waals surface area contributed by atoms with Crippen LogP contribution in [0.5, 0.6) is 0 Å². The number of rotatable bonds is 4. The van der Waals surface area contributed by atoms with Gasteiger partial charge in [0.25, 0.3) is 6.43 Å². The van der Waals surface area contributed by atoms with Crippen molar-refractivity contribution in [1.82, 2.24) is 0 Å². The van der Waals surface area contributed by atoms with Crippen molar-refractivity contribution < 1.29 is 8.78 Å². The molecule has 0 bridgehead atoms. The predicted molar refractivity (Wildman–Crippen MR) is 58.9 cm³/mol. The predicted octanol–water partition coefficient (Wildman–Crippen LogP) is 3.96. The molecule has 14 heavy (non-hydrogen) atoms. The lowest BCUT2D eigenvalue weighted by Gasteiger charge is -1.99. The van der Waals surface area contributed by atoms with Crippen LogP contribution in [-0.2, 0) is 0 Å². The van der Waals surface area contributed by atoms with Crippen molar-refractivity contribution in [2.75, 3.05) is 5.75 Å². The number of benzene rings is 1. The number of allylic oxidation sites excluding steroid dienone is 1. The van der Waals surface area contributed by atoms with Crippen LogP contribution in [0.4, 0.5) is 8.78 Å². The zero-order chi connectivity index (χ0) is 10.4. The van der Waals surface area contributed by atoms with E-state index in [0.29, 0.717) is 0 Å². The van der Waals surface area contributed by atoms with Gasteiger partial charge in [0.15, 0.2) is 0 Å². The van der Waals surface area contributed by atoms with Gasteiger partial charge in [0.05, 0.1) is 0 Å². The lowest BCUT2D eigenvalue weighted by atomic mass is 10.1. The van der Waals surface area contributed by atoms with Crippen molar-refractivity contribution in [1.29, 1.82) is 0 Å². The summed E-state index contributed by atoms with van der Waals surface area (Å²) < 4.78 is 24.4. The van der Waals surface area contributed by atoms with Crippen molar-refractivity contribution in [2.45, 2.75) is 12.8 Å². The highest BCUT2D eigenvalue weighted by Crippen LogP contribution is 2.19. The van der Waals surface area contributed by atoms with E-state index in [2.05, 4.69) is 12.6 Å². The summed E-state index contributed by atoms with van der Waals surface area (Å²) in [6, 6.07) is 6.28. The third-order valence-corrected chi connectivity index (χ3v) is 2.05. The Hall–Kier alpha value is -0.830. The van der Waals surface area contributed by atoms with Gasteiger partial charge in [-0.05, 0) is 17.7 Å². The fourth-order valence-corrected chi connectivity index (χ4v) is 1.20. The first-order chi connectivity index (χ1) is 6.74. The molecule has 0 fully saturated rings. The van der Waals surface area contributed by atoms with Crippen LogP contribution in [0.2, 0.25) is 0 Å². The van der Waals surface area contributed by atoms with Gasteiger partial charge < -0.3 is 0 Å². The summed E-state index contributed by atoms with van der Waals surface area (Å²) in [6.45, 7) is 0. The summed E-state index contributed by atoms with van der Waals surface area (Å²) >= 11 is 4.06. The van der Waals surface area contributed by atoms with Gasteiger partial charge in [-0.25, -0.2) is 8.78 Å². The van der Waals surface area contributed by atoms with Gasteiger partial charge in [-0.2, -0.15) is 12.6 Å². The van der Waals surface area contributed by atoms with E-state index >= 15 is 0 Å². The maximum Gasteiger partial charge on any atom is 0.263 e. The Morgan fingerprint density at radius 2 is 1.86 bits per heavy atom. The van der Waals surface area contributed by atoms with E-state index in [1.165, 1.54) is 12.1 Å². The quantitative estimate of drug-likeness (QED) is 0.721. The van der Waals surface area contributed by atoms with Crippen LogP contribution in [0.3, 0.4) is 0 Å². The van der Waals surface area contributed by atoms with E-state index in [1.807, 2.05) is 12.2 Å². The molecule has 0 nitrogen and oxygen atoms in total. The normalized spacial score (nSPS) is 11.4. The Labute approximate surface area is 88.1 Å². The Morgan fingerprint density at radius 1 is 1.21 bits per heavy atom. The summed E-state index contributed by atoms with van der Waals surface area (Å²) in [5.74, 6) is 0.797. The molecule has 0 aliphatic heterocycles. The second-order valence-corrected chi connectivity index (χ2v) is 3.33. The fourth-order valence-electron chi connectivity index (χ4n) is 1.05. The number of hydrogen-bond acceptors (Lipinski definition) is 1. The smallest absolute Gasteiger partial charge is 0.205 e. The molecule has 0 heterocycles. The average Bonchev–Trinajstić information content (AvgIpc) is 2.19. The van der Waals surface area contributed by atoms with Gasteiger partial charge >= 0.3 is 0 Å². The number of thiol groups is 1. The highest BCUT2D eigenvalue weighted by Gasteiger charge is 2.04. The van der Waals surface area contributed by atoms with Crippen LogP contribution >= 0.6 is 12.6 Å². The molecule has 0 atom stereocenters. The average molecular weight is 214 g/mol. The van der Waals surface area contributed by atoms with Gasteiger partial charge in [0.2, 0.25) is 0 Å². The SMILES string of the molecule is FC(F)c1ccc(C=CCCS)cc1. The first-order valence-corrected chi connectivity index (χ1v) is 5.03. The lowest BCUT2D eigenvalue weighted by Crippen LogP contribution is -1.82. The van der Waals surface area contributed by atoms with Crippen LogP contribution in [0.1, 0.15) is 24.0 Å². The van der Waals surface area contributed by atoms with Crippen molar-refractivity contribution >= 4 is 18.7 Å². The number of alkyl halides is 2. The standard InChI is InChI=1S/C11H12F2S/c12-11(13)10-6-4-9(5-7-10)3-1-2-8-14/h1,3-7,11,14H,2,8H2. The molecule has 0 aliphatic carbocycles. The molecule has 0 aliphatic rings. The van der Waals surface area contributed by atoms with Crippen molar-refractivity contribution in [3.63, 3.8) is 0 Å². The van der Waals surface area contributed by atoms with Gasteiger partial charge in [-0.15, -0.1) is 0 Å². The van der Waals surface area contributed by atoms with Gasteiger partial charge in [-0.1, -0.05) is 36.4 Å². The molecule has 76 valence electrons. The summed E-state index contributed by atoms with van der Waals surface area (Å²) in [6.07, 6.45) is 2.39. The number of hydrogen-bond donors (Lipinski definition) is 1. The second-order valence-electron chi connectivity index (χ2n) is 2.88. The van der Waals surface area contributed by atoms with Crippen LogP contribution in [0.25, 0.3) is 6.08 Å². The highest BCUT2D eigenvalue weighted by molar-refractivity contribution is 7.80. The molecular formula is C11H12F2S. The molecule has 3 heteroatoms. The van der Waals surface area contributed by atoms with Crippen LogP contribution in [-0.4, -0.2) is 5.75 Å². The molecule has 1 aromatic rings. The topological polar surface area (TPSA) is 0 Å². The first kappa shape index (κ1) is 11.2. The monoisotopic (exact) mass is 214 g/mol. The first-order valence-electron chi connectivity index (χ1n) is 4.39. The molecule has 1 aromatic carbocycles. The summed E-state index contributed by atoms with van der Waals surface area (Å²) in [7, 11) is 0. The van der Waals surface area contributed by atoms with Gasteiger partial charge in [-0.3, -0.25) is 0 Å². The third kappa shape index (κ3) is 3.50. The van der Waals surface area contributed by atoms with E-state index in [-0.39, 0.29) is 5.56 Å². The van der Waals surface area contributed by atoms with Crippen molar-refractivity contribution in [3.05, 3.63) is 41.5 Å². The largest absolute Gasteiger partial charge is 0.263 e. The molecule has 0 spiro atoms. The van der Waals surface area contributed by atoms with Crippen LogP contribution in [0, 0.1) is 0 Å². The molecule has 0 N–H and O–H groups in total. The molecule has 0 saturated heterocycles. The van der Waals surface area contributed by atoms with E-state index in [9.17, 15) is 8.78 Å². The Morgan fingerprint density at radius 3 is 2.36 bits per heavy atom. The number of halogens is 2. The third-order valence-electron chi connectivity index (χ3n) is 1.79. The Balaban J connectivity index is 2.64. The highest BCUT2D eigenvalue weighted by atomic mass is 32.1. The summed E-state index contributed by atoms with van der Waals surface area (Å²) in [5, 5.41) is 0. The van der Waals surface area contributed by atoms with E-state index < -0.39 is 6.43 Å². The fraction of sp³-hybridized carbons (Fsp3) is 0.273. The van der Waals surface area contributed by atoms with Crippen molar-refractivity contribution in [2.24, 2.45) is 0 Å². The van der Waals surface area contributed by atoms with Crippen molar-refractivity contribution in [3.8, 4) is 0 Å². The Bertz CT molecular complexity index is 291. The zero-order valence-corrected chi connectivity index (χ0v) is 8.55. The molecule has 0 amide bonds. The zero-order valence-electron chi connectivity index (χ0n) is 7.66. The van der Waals surface area contributed by atoms with Crippen LogP contribution < -0.4 is 0 Å². The summed E-state index contributed by atoms with van der Waals surface area (Å²) in [5.41, 5.74) is 1.01. The summed E-state index contributed by atoms with van der Waals surface area (Å²) in [4.78, 5) is 0. The van der Waals surface area contributed by atoms with Crippen LogP contribution in [0.15, 0.2) is 30.3 Å². The van der Waals surface area contributed by atoms with Gasteiger partial charge in [0.1, 0.15) is 0 Å². The van der Waals surface area contributed by atoms with E-state index in [4.69, 9.17) is 0 Å². The maximum atomic E-state index is 12.2. The minimum Gasteiger partial charge on any atom is -0.205 e. The second kappa shape index (κ2) is 5.81. The molecular weight excluding hydrogens is 202 g/mol. The maximum absolute atomic E-state index is 12.2. The van der Waals surface area contributed by atoms with E-state index in [1.54, 1.807) is 12.1 Å². The molecule has 0 aromatic heterocycles. The minimum absolute atomic E-state index is 0.0661. The van der Waals surface area contributed by atoms with Gasteiger partial charge in [0, 0.05) is 5.56 Å². The minimum atomic E-state index is -2.38. The van der Waals surface area contributed by atoms with E-state index in [0.717, 1.165) is 17.7 Å². The molecule has 0 radical (unpaired) electrons. The molecule has 1 rings (SSSR count). The Kier molecular flexibility index (Phi) is 4.66. The molecule has 0 unspecified atom stereocenters.